The van der Waals surface area contributed by atoms with Gasteiger partial charge in [-0.15, -0.1) is 0 Å². The van der Waals surface area contributed by atoms with Crippen LogP contribution in [-0.4, -0.2) is 22.8 Å². The summed E-state index contributed by atoms with van der Waals surface area (Å²) in [4.78, 5) is 12.3. The monoisotopic (exact) mass is 326 g/mol. The van der Waals surface area contributed by atoms with E-state index < -0.39 is 11.9 Å². The number of nitrogens with zero attached hydrogens (tertiary/aromatic N) is 1. The van der Waals surface area contributed by atoms with Gasteiger partial charge in [-0.25, -0.2) is 4.39 Å². The molecule has 3 rings (SSSR count). The molecule has 0 fully saturated rings. The topological polar surface area (TPSA) is 75.4 Å². The zero-order valence-corrected chi connectivity index (χ0v) is 12.6. The number of aromatic nitrogens is 1. The molecule has 1 atom stereocenters. The molecular formula is C18H15FN2O3. The molecule has 0 radical (unpaired) electrons. The fourth-order valence-electron chi connectivity index (χ4n) is 2.28. The number of aliphatic hydroxyl groups excluding tert-OH is 1. The molecule has 0 bridgehead atoms. The fraction of sp³-hybridized carbons (Fsp3) is 0.111. The van der Waals surface area contributed by atoms with Crippen molar-refractivity contribution in [3.05, 3.63) is 77.7 Å². The lowest BCUT2D eigenvalue weighted by molar-refractivity contribution is 0.0907. The number of aliphatic hydroxyl groups is 1. The molecule has 6 heteroatoms. The number of nitrogens with one attached hydrogen (secondary N) is 1. The van der Waals surface area contributed by atoms with Crippen molar-refractivity contribution < 1.29 is 18.8 Å². The Morgan fingerprint density at radius 2 is 1.88 bits per heavy atom. The van der Waals surface area contributed by atoms with E-state index in [-0.39, 0.29) is 18.1 Å². The highest BCUT2D eigenvalue weighted by Crippen LogP contribution is 2.21. The number of rotatable bonds is 5. The third kappa shape index (κ3) is 3.49. The van der Waals surface area contributed by atoms with Crippen LogP contribution < -0.4 is 5.32 Å². The molecule has 0 aliphatic heterocycles. The number of hydrogen-bond acceptors (Lipinski definition) is 4. The number of carbonyl (C=O) groups is 1. The Morgan fingerprint density at radius 1 is 1.17 bits per heavy atom. The first kappa shape index (κ1) is 15.9. The van der Waals surface area contributed by atoms with Crippen LogP contribution in [0.2, 0.25) is 0 Å². The van der Waals surface area contributed by atoms with Crippen LogP contribution in [0.25, 0.3) is 11.3 Å². The summed E-state index contributed by atoms with van der Waals surface area (Å²) >= 11 is 0. The first-order valence-corrected chi connectivity index (χ1v) is 7.36. The Bertz CT molecular complexity index is 816. The minimum absolute atomic E-state index is 0.0868. The second-order valence-corrected chi connectivity index (χ2v) is 5.20. The van der Waals surface area contributed by atoms with E-state index in [1.165, 1.54) is 30.3 Å². The molecule has 5 nitrogen and oxygen atoms in total. The largest absolute Gasteiger partial charge is 0.394 e. The van der Waals surface area contributed by atoms with Gasteiger partial charge in [0, 0.05) is 11.6 Å². The zero-order valence-electron chi connectivity index (χ0n) is 12.6. The van der Waals surface area contributed by atoms with Gasteiger partial charge >= 0.3 is 0 Å². The van der Waals surface area contributed by atoms with Gasteiger partial charge in [0.2, 0.25) is 0 Å². The second-order valence-electron chi connectivity index (χ2n) is 5.20. The smallest absolute Gasteiger partial charge is 0.274 e. The average molecular weight is 326 g/mol. The maximum atomic E-state index is 12.9. The summed E-state index contributed by atoms with van der Waals surface area (Å²) in [5, 5.41) is 15.9. The molecule has 0 saturated carbocycles. The normalized spacial score (nSPS) is 11.9. The highest BCUT2D eigenvalue weighted by molar-refractivity contribution is 5.93. The van der Waals surface area contributed by atoms with Crippen LogP contribution in [0.1, 0.15) is 22.1 Å². The Labute approximate surface area is 137 Å². The van der Waals surface area contributed by atoms with Crippen LogP contribution in [0.15, 0.2) is 65.2 Å². The molecule has 1 amide bonds. The molecule has 1 unspecified atom stereocenters. The third-order valence-electron chi connectivity index (χ3n) is 3.56. The van der Waals surface area contributed by atoms with Crippen LogP contribution in [0.3, 0.4) is 0 Å². The number of carbonyl (C=O) groups excluding carboxylic acids is 1. The standard InChI is InChI=1S/C18H15FN2O3/c19-14-8-6-13(7-9-14)17-10-15(21-24-17)18(23)20-16(11-22)12-4-2-1-3-5-12/h1-10,16,22H,11H2,(H,20,23). The number of benzene rings is 2. The van der Waals surface area contributed by atoms with Crippen LogP contribution >= 0.6 is 0 Å². The summed E-state index contributed by atoms with van der Waals surface area (Å²) in [7, 11) is 0. The van der Waals surface area contributed by atoms with E-state index in [0.717, 1.165) is 5.56 Å². The van der Waals surface area contributed by atoms with E-state index >= 15 is 0 Å². The molecule has 1 aromatic heterocycles. The van der Waals surface area contributed by atoms with Gasteiger partial charge < -0.3 is 14.9 Å². The van der Waals surface area contributed by atoms with Crippen molar-refractivity contribution in [2.45, 2.75) is 6.04 Å². The molecular weight excluding hydrogens is 311 g/mol. The lowest BCUT2D eigenvalue weighted by Gasteiger charge is -2.15. The molecule has 1 heterocycles. The van der Waals surface area contributed by atoms with Crippen molar-refractivity contribution in [3.8, 4) is 11.3 Å². The lowest BCUT2D eigenvalue weighted by atomic mass is 10.1. The first-order valence-electron chi connectivity index (χ1n) is 7.36. The minimum Gasteiger partial charge on any atom is -0.394 e. The SMILES string of the molecule is O=C(NC(CO)c1ccccc1)c1cc(-c2ccc(F)cc2)on1. The molecule has 3 aromatic rings. The molecule has 0 saturated heterocycles. The predicted octanol–water partition coefficient (Wildman–Crippen LogP) is 2.94. The highest BCUT2D eigenvalue weighted by atomic mass is 19.1. The second kappa shape index (κ2) is 7.06. The zero-order chi connectivity index (χ0) is 16.9. The maximum Gasteiger partial charge on any atom is 0.274 e. The lowest BCUT2D eigenvalue weighted by Crippen LogP contribution is -2.30. The molecule has 122 valence electrons. The first-order chi connectivity index (χ1) is 11.7. The van der Waals surface area contributed by atoms with Gasteiger partial charge in [-0.3, -0.25) is 4.79 Å². The van der Waals surface area contributed by atoms with Crippen LogP contribution in [0.4, 0.5) is 4.39 Å². The summed E-state index contributed by atoms with van der Waals surface area (Å²) in [6.07, 6.45) is 0. The van der Waals surface area contributed by atoms with Crippen molar-refractivity contribution in [1.82, 2.24) is 10.5 Å². The van der Waals surface area contributed by atoms with Gasteiger partial charge in [0.15, 0.2) is 11.5 Å². The summed E-state index contributed by atoms with van der Waals surface area (Å²) in [6.45, 7) is -0.238. The molecule has 2 N–H and O–H groups in total. The predicted molar refractivity (Wildman–Crippen MR) is 85.6 cm³/mol. The fourth-order valence-corrected chi connectivity index (χ4v) is 2.28. The third-order valence-corrected chi connectivity index (χ3v) is 3.56. The molecule has 24 heavy (non-hydrogen) atoms. The van der Waals surface area contributed by atoms with Crippen LogP contribution in [0, 0.1) is 5.82 Å². The van der Waals surface area contributed by atoms with Crippen molar-refractivity contribution in [1.29, 1.82) is 0 Å². The van der Waals surface area contributed by atoms with E-state index in [1.54, 1.807) is 0 Å². The van der Waals surface area contributed by atoms with Crippen LogP contribution in [0.5, 0.6) is 0 Å². The van der Waals surface area contributed by atoms with Crippen molar-refractivity contribution in [2.24, 2.45) is 0 Å². The van der Waals surface area contributed by atoms with E-state index in [9.17, 15) is 14.3 Å². The van der Waals surface area contributed by atoms with Crippen molar-refractivity contribution in [3.63, 3.8) is 0 Å². The number of halogens is 1. The molecule has 0 aliphatic rings. The van der Waals surface area contributed by atoms with Gasteiger partial charge in [0.1, 0.15) is 5.82 Å². The Balaban J connectivity index is 1.75. The van der Waals surface area contributed by atoms with Gasteiger partial charge in [0.05, 0.1) is 12.6 Å². The van der Waals surface area contributed by atoms with E-state index in [2.05, 4.69) is 10.5 Å². The van der Waals surface area contributed by atoms with E-state index in [1.807, 2.05) is 30.3 Å². The Morgan fingerprint density at radius 3 is 2.54 bits per heavy atom. The Hall–Kier alpha value is -2.99. The van der Waals surface area contributed by atoms with Gasteiger partial charge in [-0.05, 0) is 29.8 Å². The Kier molecular flexibility index (Phi) is 4.67. The van der Waals surface area contributed by atoms with Crippen molar-refractivity contribution >= 4 is 5.91 Å². The quantitative estimate of drug-likeness (QED) is 0.756. The van der Waals surface area contributed by atoms with Gasteiger partial charge in [-0.1, -0.05) is 35.5 Å². The molecule has 2 aromatic carbocycles. The summed E-state index contributed by atoms with van der Waals surface area (Å²) in [5.74, 6) is -0.458. The average Bonchev–Trinajstić information content (AvgIpc) is 3.11. The molecule has 0 spiro atoms. The summed E-state index contributed by atoms with van der Waals surface area (Å²) in [6, 6.07) is 15.7. The summed E-state index contributed by atoms with van der Waals surface area (Å²) < 4.78 is 18.1. The number of hydrogen-bond donors (Lipinski definition) is 2. The van der Waals surface area contributed by atoms with E-state index in [0.29, 0.717) is 11.3 Å². The van der Waals surface area contributed by atoms with Crippen molar-refractivity contribution in [2.75, 3.05) is 6.61 Å². The summed E-state index contributed by atoms with van der Waals surface area (Å²) in [5.41, 5.74) is 1.49. The minimum atomic E-state index is -0.537. The molecule has 0 aliphatic carbocycles. The van der Waals surface area contributed by atoms with E-state index in [4.69, 9.17) is 4.52 Å². The highest BCUT2D eigenvalue weighted by Gasteiger charge is 2.18. The van der Waals surface area contributed by atoms with Gasteiger partial charge in [-0.2, -0.15) is 0 Å². The number of amides is 1. The van der Waals surface area contributed by atoms with Gasteiger partial charge in [0.25, 0.3) is 5.91 Å². The maximum absolute atomic E-state index is 12.9. The van der Waals surface area contributed by atoms with Crippen LogP contribution in [-0.2, 0) is 0 Å².